The first kappa shape index (κ1) is 19.4. The standard InChI is InChI=1S/C16H22FN5.HI/c1-12-13(10-18-16(20(2)3)21(4)5)11-22(19-12)15-8-6-14(17)7-9-15;/h6-9,11H,10H2,1-5H3;1H. The van der Waals surface area contributed by atoms with Crippen molar-refractivity contribution in [3.8, 4) is 5.69 Å². The monoisotopic (exact) mass is 431 g/mol. The van der Waals surface area contributed by atoms with Gasteiger partial charge in [-0.05, 0) is 31.2 Å². The lowest BCUT2D eigenvalue weighted by Gasteiger charge is -2.22. The topological polar surface area (TPSA) is 36.7 Å². The molecular weight excluding hydrogens is 408 g/mol. The maximum atomic E-state index is 13.0. The summed E-state index contributed by atoms with van der Waals surface area (Å²) in [4.78, 5) is 8.57. The lowest BCUT2D eigenvalue weighted by molar-refractivity contribution is 0.479. The van der Waals surface area contributed by atoms with Crippen LogP contribution in [0.25, 0.3) is 5.69 Å². The van der Waals surface area contributed by atoms with Crippen molar-refractivity contribution in [2.45, 2.75) is 13.5 Å². The van der Waals surface area contributed by atoms with Gasteiger partial charge in [0.15, 0.2) is 5.96 Å². The van der Waals surface area contributed by atoms with Crippen molar-refractivity contribution in [2.75, 3.05) is 28.2 Å². The zero-order valence-corrected chi connectivity index (χ0v) is 16.4. The van der Waals surface area contributed by atoms with Gasteiger partial charge in [-0.1, -0.05) is 0 Å². The van der Waals surface area contributed by atoms with Crippen LogP contribution in [0.5, 0.6) is 0 Å². The van der Waals surface area contributed by atoms with Gasteiger partial charge in [0.1, 0.15) is 5.82 Å². The average Bonchev–Trinajstić information content (AvgIpc) is 2.80. The largest absolute Gasteiger partial charge is 0.349 e. The van der Waals surface area contributed by atoms with Gasteiger partial charge < -0.3 is 9.80 Å². The van der Waals surface area contributed by atoms with Crippen LogP contribution in [0.1, 0.15) is 11.3 Å². The van der Waals surface area contributed by atoms with Crippen LogP contribution in [-0.2, 0) is 6.54 Å². The predicted octanol–water partition coefficient (Wildman–Crippen LogP) is 2.92. The molecule has 0 saturated heterocycles. The molecule has 0 radical (unpaired) electrons. The van der Waals surface area contributed by atoms with Crippen molar-refractivity contribution >= 4 is 29.9 Å². The normalized spacial score (nSPS) is 10.0. The molecule has 0 aliphatic carbocycles. The fourth-order valence-electron chi connectivity index (χ4n) is 2.22. The van der Waals surface area contributed by atoms with Gasteiger partial charge in [0.25, 0.3) is 0 Å². The van der Waals surface area contributed by atoms with Crippen molar-refractivity contribution in [3.05, 3.63) is 47.5 Å². The molecule has 0 spiro atoms. The van der Waals surface area contributed by atoms with Crippen LogP contribution in [0.15, 0.2) is 35.5 Å². The van der Waals surface area contributed by atoms with E-state index in [-0.39, 0.29) is 29.8 Å². The van der Waals surface area contributed by atoms with Gasteiger partial charge in [-0.25, -0.2) is 14.1 Å². The summed E-state index contributed by atoms with van der Waals surface area (Å²) in [6.07, 6.45) is 1.94. The maximum absolute atomic E-state index is 13.0. The molecule has 1 aromatic carbocycles. The predicted molar refractivity (Wildman–Crippen MR) is 102 cm³/mol. The molecule has 1 aromatic heterocycles. The number of halogens is 2. The van der Waals surface area contributed by atoms with E-state index in [1.54, 1.807) is 16.8 Å². The van der Waals surface area contributed by atoms with Crippen LogP contribution in [0.3, 0.4) is 0 Å². The van der Waals surface area contributed by atoms with Crippen LogP contribution >= 0.6 is 24.0 Å². The Morgan fingerprint density at radius 2 is 1.70 bits per heavy atom. The number of nitrogens with zero attached hydrogens (tertiary/aromatic N) is 5. The molecule has 0 bridgehead atoms. The van der Waals surface area contributed by atoms with Gasteiger partial charge in [-0.2, -0.15) is 5.10 Å². The number of aromatic nitrogens is 2. The van der Waals surface area contributed by atoms with E-state index in [0.717, 1.165) is 22.9 Å². The second-order valence-corrected chi connectivity index (χ2v) is 5.57. The van der Waals surface area contributed by atoms with Crippen LogP contribution in [0.4, 0.5) is 4.39 Å². The Morgan fingerprint density at radius 1 is 1.13 bits per heavy atom. The fourth-order valence-corrected chi connectivity index (χ4v) is 2.22. The third-order valence-electron chi connectivity index (χ3n) is 3.28. The highest BCUT2D eigenvalue weighted by Gasteiger charge is 2.08. The summed E-state index contributed by atoms with van der Waals surface area (Å²) in [6.45, 7) is 2.51. The molecule has 0 unspecified atom stereocenters. The van der Waals surface area contributed by atoms with Gasteiger partial charge >= 0.3 is 0 Å². The Balaban J connectivity index is 0.00000264. The highest BCUT2D eigenvalue weighted by Crippen LogP contribution is 2.13. The number of hydrogen-bond acceptors (Lipinski definition) is 2. The molecule has 1 heterocycles. The third-order valence-corrected chi connectivity index (χ3v) is 3.28. The molecule has 0 saturated carbocycles. The summed E-state index contributed by atoms with van der Waals surface area (Å²) in [5.41, 5.74) is 2.80. The van der Waals surface area contributed by atoms with E-state index in [4.69, 9.17) is 0 Å². The number of aliphatic imine (C=N–C) groups is 1. The molecule has 2 rings (SSSR count). The molecule has 0 aliphatic rings. The van der Waals surface area contributed by atoms with Gasteiger partial charge in [0.05, 0.1) is 17.9 Å². The van der Waals surface area contributed by atoms with Crippen LogP contribution < -0.4 is 0 Å². The first-order valence-corrected chi connectivity index (χ1v) is 7.08. The van der Waals surface area contributed by atoms with Crippen molar-refractivity contribution in [1.82, 2.24) is 19.6 Å². The van der Waals surface area contributed by atoms with Crippen molar-refractivity contribution < 1.29 is 4.39 Å². The van der Waals surface area contributed by atoms with E-state index in [1.165, 1.54) is 12.1 Å². The van der Waals surface area contributed by atoms with Gasteiger partial charge in [0, 0.05) is 40.0 Å². The Kier molecular flexibility index (Phi) is 6.99. The second kappa shape index (κ2) is 8.28. The average molecular weight is 431 g/mol. The molecule has 2 aromatic rings. The van der Waals surface area contributed by atoms with E-state index in [1.807, 2.05) is 51.1 Å². The summed E-state index contributed by atoms with van der Waals surface area (Å²) in [6, 6.07) is 6.28. The minimum atomic E-state index is -0.251. The summed E-state index contributed by atoms with van der Waals surface area (Å²) in [5, 5.41) is 4.48. The van der Waals surface area contributed by atoms with Crippen LogP contribution in [0, 0.1) is 12.7 Å². The highest BCUT2D eigenvalue weighted by atomic mass is 127. The highest BCUT2D eigenvalue weighted by molar-refractivity contribution is 14.0. The molecular formula is C16H23FIN5. The Labute approximate surface area is 153 Å². The lowest BCUT2D eigenvalue weighted by atomic mass is 10.2. The first-order valence-electron chi connectivity index (χ1n) is 7.08. The van der Waals surface area contributed by atoms with E-state index < -0.39 is 0 Å². The fraction of sp³-hybridized carbons (Fsp3) is 0.375. The van der Waals surface area contributed by atoms with Crippen LogP contribution in [0.2, 0.25) is 0 Å². The van der Waals surface area contributed by atoms with Gasteiger partial charge in [-0.3, -0.25) is 0 Å². The minimum Gasteiger partial charge on any atom is -0.349 e. The van der Waals surface area contributed by atoms with E-state index in [2.05, 4.69) is 10.1 Å². The number of guanidine groups is 1. The van der Waals surface area contributed by atoms with E-state index in [9.17, 15) is 4.39 Å². The van der Waals surface area contributed by atoms with Gasteiger partial charge in [-0.15, -0.1) is 24.0 Å². The molecule has 126 valence electrons. The minimum absolute atomic E-state index is 0. The molecule has 0 fully saturated rings. The Hall–Kier alpha value is -1.64. The first-order chi connectivity index (χ1) is 10.4. The Bertz CT molecular complexity index is 652. The summed E-state index contributed by atoms with van der Waals surface area (Å²) >= 11 is 0. The smallest absolute Gasteiger partial charge is 0.195 e. The number of rotatable bonds is 3. The SMILES string of the molecule is Cc1nn(-c2ccc(F)cc2)cc1CN=C(N(C)C)N(C)C.I. The maximum Gasteiger partial charge on any atom is 0.195 e. The molecule has 0 amide bonds. The number of hydrogen-bond donors (Lipinski definition) is 0. The molecule has 7 heteroatoms. The molecule has 23 heavy (non-hydrogen) atoms. The quantitative estimate of drug-likeness (QED) is 0.426. The number of aryl methyl sites for hydroxylation is 1. The molecule has 0 atom stereocenters. The summed E-state index contributed by atoms with van der Waals surface area (Å²) < 4.78 is 14.7. The summed E-state index contributed by atoms with van der Waals surface area (Å²) in [7, 11) is 7.86. The van der Waals surface area contributed by atoms with Crippen molar-refractivity contribution in [2.24, 2.45) is 4.99 Å². The van der Waals surface area contributed by atoms with E-state index >= 15 is 0 Å². The van der Waals surface area contributed by atoms with Crippen molar-refractivity contribution in [1.29, 1.82) is 0 Å². The number of benzene rings is 1. The Morgan fingerprint density at radius 3 is 2.22 bits per heavy atom. The second-order valence-electron chi connectivity index (χ2n) is 5.57. The molecule has 0 aliphatic heterocycles. The molecule has 0 N–H and O–H groups in total. The van der Waals surface area contributed by atoms with Crippen LogP contribution in [-0.4, -0.2) is 53.7 Å². The summed E-state index contributed by atoms with van der Waals surface area (Å²) in [5.74, 6) is 0.646. The van der Waals surface area contributed by atoms with Gasteiger partial charge in [0.2, 0.25) is 0 Å². The van der Waals surface area contributed by atoms with Crippen molar-refractivity contribution in [3.63, 3.8) is 0 Å². The lowest BCUT2D eigenvalue weighted by Crippen LogP contribution is -2.35. The third kappa shape index (κ3) is 4.92. The zero-order valence-electron chi connectivity index (χ0n) is 14.1. The zero-order chi connectivity index (χ0) is 16.3. The van der Waals surface area contributed by atoms with E-state index in [0.29, 0.717) is 6.54 Å². The molecule has 5 nitrogen and oxygen atoms in total.